The van der Waals surface area contributed by atoms with Gasteiger partial charge in [-0.05, 0) is 26.8 Å². The molecule has 0 spiro atoms. The highest BCUT2D eigenvalue weighted by Gasteiger charge is 2.11. The molecule has 0 aromatic carbocycles. The first kappa shape index (κ1) is 11.9. The third-order valence-corrected chi connectivity index (χ3v) is 2.54. The van der Waals surface area contributed by atoms with Gasteiger partial charge in [0.2, 0.25) is 5.95 Å². The summed E-state index contributed by atoms with van der Waals surface area (Å²) >= 11 is 6.10. The molecule has 0 amide bonds. The van der Waals surface area contributed by atoms with E-state index >= 15 is 0 Å². The van der Waals surface area contributed by atoms with Gasteiger partial charge in [0.15, 0.2) is 5.82 Å². The third-order valence-electron chi connectivity index (χ3n) is 2.27. The van der Waals surface area contributed by atoms with Crippen LogP contribution in [0.4, 0.5) is 5.95 Å². The van der Waals surface area contributed by atoms with Gasteiger partial charge in [0.1, 0.15) is 5.02 Å². The van der Waals surface area contributed by atoms with Gasteiger partial charge in [-0.15, -0.1) is 0 Å². The Morgan fingerprint density at radius 2 is 2.18 bits per heavy atom. The van der Waals surface area contributed by atoms with Crippen LogP contribution in [-0.4, -0.2) is 26.3 Å². The summed E-state index contributed by atoms with van der Waals surface area (Å²) in [5.74, 6) is 1.16. The number of halogens is 1. The number of rotatable bonds is 3. The Balaban J connectivity index is 2.50. The third kappa shape index (κ3) is 2.39. The van der Waals surface area contributed by atoms with Crippen molar-refractivity contribution in [1.82, 2.24) is 19.7 Å². The number of aryl methyl sites for hydroxylation is 2. The number of hydrogen-bond acceptors (Lipinski definition) is 4. The molecule has 2 aromatic rings. The molecule has 2 rings (SSSR count). The molecular weight excluding hydrogens is 238 g/mol. The lowest BCUT2D eigenvalue weighted by atomic mass is 10.4. The molecule has 0 bridgehead atoms. The largest absolute Gasteiger partial charge is 0.354 e. The first-order valence-corrected chi connectivity index (χ1v) is 5.79. The summed E-state index contributed by atoms with van der Waals surface area (Å²) in [4.78, 5) is 8.45. The summed E-state index contributed by atoms with van der Waals surface area (Å²) in [7, 11) is 0. The number of aromatic nitrogens is 4. The fourth-order valence-electron chi connectivity index (χ4n) is 1.59. The fraction of sp³-hybridized carbons (Fsp3) is 0.364. The van der Waals surface area contributed by atoms with E-state index < -0.39 is 0 Å². The summed E-state index contributed by atoms with van der Waals surface area (Å²) in [6, 6.07) is 1.98. The maximum atomic E-state index is 6.10. The Kier molecular flexibility index (Phi) is 3.28. The van der Waals surface area contributed by atoms with Crippen LogP contribution in [0.3, 0.4) is 0 Å². The van der Waals surface area contributed by atoms with Gasteiger partial charge in [-0.25, -0.2) is 9.67 Å². The topological polar surface area (TPSA) is 55.6 Å². The molecule has 0 radical (unpaired) electrons. The summed E-state index contributed by atoms with van der Waals surface area (Å²) < 4.78 is 1.72. The van der Waals surface area contributed by atoms with E-state index in [1.54, 1.807) is 10.9 Å². The number of hydrogen-bond donors (Lipinski definition) is 1. The van der Waals surface area contributed by atoms with E-state index in [2.05, 4.69) is 20.4 Å². The van der Waals surface area contributed by atoms with E-state index in [1.165, 1.54) is 0 Å². The van der Waals surface area contributed by atoms with Crippen LogP contribution in [0.15, 0.2) is 12.3 Å². The average molecular weight is 252 g/mol. The highest BCUT2D eigenvalue weighted by atomic mass is 35.5. The van der Waals surface area contributed by atoms with E-state index in [9.17, 15) is 0 Å². The second-order valence-corrected chi connectivity index (χ2v) is 4.14. The molecule has 17 heavy (non-hydrogen) atoms. The second kappa shape index (κ2) is 4.71. The SMILES string of the molecule is CCNc1ncc(Cl)c(-n2nc(C)cc2C)n1. The van der Waals surface area contributed by atoms with Crippen molar-refractivity contribution in [3.05, 3.63) is 28.7 Å². The van der Waals surface area contributed by atoms with Gasteiger partial charge in [0, 0.05) is 12.2 Å². The minimum absolute atomic E-state index is 0.484. The number of nitrogens with zero attached hydrogens (tertiary/aromatic N) is 4. The van der Waals surface area contributed by atoms with Crippen molar-refractivity contribution in [2.24, 2.45) is 0 Å². The number of nitrogens with one attached hydrogen (secondary N) is 1. The van der Waals surface area contributed by atoms with Gasteiger partial charge < -0.3 is 5.32 Å². The molecule has 0 unspecified atom stereocenters. The minimum Gasteiger partial charge on any atom is -0.354 e. The zero-order chi connectivity index (χ0) is 12.4. The Morgan fingerprint density at radius 1 is 1.41 bits per heavy atom. The maximum absolute atomic E-state index is 6.10. The molecule has 0 aliphatic rings. The molecule has 6 heteroatoms. The Bertz CT molecular complexity index is 535. The maximum Gasteiger partial charge on any atom is 0.224 e. The van der Waals surface area contributed by atoms with Crippen molar-refractivity contribution in [3.8, 4) is 5.82 Å². The van der Waals surface area contributed by atoms with Gasteiger partial charge in [-0.2, -0.15) is 10.1 Å². The van der Waals surface area contributed by atoms with Crippen LogP contribution in [0.25, 0.3) is 5.82 Å². The second-order valence-electron chi connectivity index (χ2n) is 3.73. The van der Waals surface area contributed by atoms with Crippen LogP contribution in [0.5, 0.6) is 0 Å². The normalized spacial score (nSPS) is 10.6. The molecule has 0 saturated heterocycles. The summed E-state index contributed by atoms with van der Waals surface area (Å²) in [5, 5.41) is 7.89. The van der Waals surface area contributed by atoms with Crippen molar-refractivity contribution in [2.45, 2.75) is 20.8 Å². The summed E-state index contributed by atoms with van der Waals surface area (Å²) in [6.07, 6.45) is 1.58. The van der Waals surface area contributed by atoms with Crippen LogP contribution in [0, 0.1) is 13.8 Å². The van der Waals surface area contributed by atoms with E-state index in [-0.39, 0.29) is 0 Å². The smallest absolute Gasteiger partial charge is 0.224 e. The molecular formula is C11H14ClN5. The van der Waals surface area contributed by atoms with Gasteiger partial charge >= 0.3 is 0 Å². The van der Waals surface area contributed by atoms with Crippen LogP contribution in [0.2, 0.25) is 5.02 Å². The van der Waals surface area contributed by atoms with Crippen molar-refractivity contribution < 1.29 is 0 Å². The zero-order valence-corrected chi connectivity index (χ0v) is 10.8. The average Bonchev–Trinajstić information content (AvgIpc) is 2.61. The first-order chi connectivity index (χ1) is 8.11. The molecule has 0 aliphatic carbocycles. The molecule has 5 nitrogen and oxygen atoms in total. The van der Waals surface area contributed by atoms with Gasteiger partial charge in [0.25, 0.3) is 0 Å². The standard InChI is InChI=1S/C11H14ClN5/c1-4-13-11-14-6-9(12)10(15-11)17-8(3)5-7(2)16-17/h5-6H,4H2,1-3H3,(H,13,14,15). The Labute approximate surface area is 105 Å². The summed E-state index contributed by atoms with van der Waals surface area (Å²) in [6.45, 7) is 6.65. The highest BCUT2D eigenvalue weighted by molar-refractivity contribution is 6.32. The van der Waals surface area contributed by atoms with Crippen molar-refractivity contribution in [1.29, 1.82) is 0 Å². The van der Waals surface area contributed by atoms with Crippen molar-refractivity contribution >= 4 is 17.5 Å². The molecule has 0 fully saturated rings. The van der Waals surface area contributed by atoms with E-state index in [0.29, 0.717) is 16.8 Å². The predicted molar refractivity (Wildman–Crippen MR) is 67.8 cm³/mol. The molecule has 0 aliphatic heterocycles. The molecule has 2 heterocycles. The van der Waals surface area contributed by atoms with Crippen molar-refractivity contribution in [2.75, 3.05) is 11.9 Å². The Hall–Kier alpha value is -1.62. The van der Waals surface area contributed by atoms with E-state index in [1.807, 2.05) is 26.8 Å². The quantitative estimate of drug-likeness (QED) is 0.910. The Morgan fingerprint density at radius 3 is 2.76 bits per heavy atom. The zero-order valence-electron chi connectivity index (χ0n) is 10.0. The molecule has 0 atom stereocenters. The highest BCUT2D eigenvalue weighted by Crippen LogP contribution is 2.20. The monoisotopic (exact) mass is 251 g/mol. The first-order valence-electron chi connectivity index (χ1n) is 5.42. The molecule has 1 N–H and O–H groups in total. The molecule has 2 aromatic heterocycles. The molecule has 90 valence electrons. The van der Waals surface area contributed by atoms with E-state index in [0.717, 1.165) is 17.9 Å². The summed E-state index contributed by atoms with van der Waals surface area (Å²) in [5.41, 5.74) is 1.92. The lowest BCUT2D eigenvalue weighted by molar-refractivity contribution is 0.801. The van der Waals surface area contributed by atoms with E-state index in [4.69, 9.17) is 11.6 Å². The number of anilines is 1. The van der Waals surface area contributed by atoms with Crippen LogP contribution >= 0.6 is 11.6 Å². The van der Waals surface area contributed by atoms with Gasteiger partial charge in [-0.3, -0.25) is 0 Å². The van der Waals surface area contributed by atoms with Crippen LogP contribution < -0.4 is 5.32 Å². The molecule has 0 saturated carbocycles. The van der Waals surface area contributed by atoms with Crippen LogP contribution in [0.1, 0.15) is 18.3 Å². The van der Waals surface area contributed by atoms with Gasteiger partial charge in [0.05, 0.1) is 11.9 Å². The van der Waals surface area contributed by atoms with Gasteiger partial charge in [-0.1, -0.05) is 11.6 Å². The lowest BCUT2D eigenvalue weighted by Gasteiger charge is -2.07. The van der Waals surface area contributed by atoms with Crippen molar-refractivity contribution in [3.63, 3.8) is 0 Å². The fourth-order valence-corrected chi connectivity index (χ4v) is 1.76. The lowest BCUT2D eigenvalue weighted by Crippen LogP contribution is -2.08. The minimum atomic E-state index is 0.484. The van der Waals surface area contributed by atoms with Crippen LogP contribution in [-0.2, 0) is 0 Å². The predicted octanol–water partition coefficient (Wildman–Crippen LogP) is 2.36.